The van der Waals surface area contributed by atoms with Gasteiger partial charge in [-0.25, -0.2) is 4.98 Å². The number of rotatable bonds is 3. The lowest BCUT2D eigenvalue weighted by Crippen LogP contribution is -2.10. The summed E-state index contributed by atoms with van der Waals surface area (Å²) in [4.78, 5) is 4.50. The van der Waals surface area contributed by atoms with Gasteiger partial charge < -0.3 is 5.73 Å². The first-order chi connectivity index (χ1) is 8.76. The Morgan fingerprint density at radius 3 is 3.11 bits per heavy atom. The number of halogens is 1. The monoisotopic (exact) mass is 279 g/mol. The Labute approximate surface area is 112 Å². The fourth-order valence-electron chi connectivity index (χ4n) is 1.65. The molecule has 0 spiro atoms. The number of hydrogen-bond acceptors (Lipinski definition) is 5. The summed E-state index contributed by atoms with van der Waals surface area (Å²) in [6, 6.07) is 5.67. The van der Waals surface area contributed by atoms with Gasteiger partial charge in [0.05, 0.1) is 23.0 Å². The van der Waals surface area contributed by atoms with Gasteiger partial charge in [-0.3, -0.25) is 4.68 Å². The van der Waals surface area contributed by atoms with Crippen LogP contribution >= 0.6 is 22.9 Å². The number of nitrogens with zero attached hydrogens (tertiary/aromatic N) is 4. The lowest BCUT2D eigenvalue weighted by Gasteiger charge is -1.92. The van der Waals surface area contributed by atoms with Crippen LogP contribution in [-0.4, -0.2) is 26.5 Å². The molecule has 0 atom stereocenters. The first-order valence-corrected chi connectivity index (χ1v) is 6.62. The highest BCUT2D eigenvalue weighted by Gasteiger charge is 2.10. The van der Waals surface area contributed by atoms with Crippen LogP contribution < -0.4 is 5.73 Å². The summed E-state index contributed by atoms with van der Waals surface area (Å²) in [6.45, 7) is 1.20. The predicted molar refractivity (Wildman–Crippen MR) is 72.7 cm³/mol. The Kier molecular flexibility index (Phi) is 2.99. The van der Waals surface area contributed by atoms with E-state index in [0.717, 1.165) is 20.9 Å². The zero-order chi connectivity index (χ0) is 12.5. The first kappa shape index (κ1) is 11.6. The molecule has 3 aromatic rings. The average molecular weight is 280 g/mol. The van der Waals surface area contributed by atoms with Gasteiger partial charge in [0.15, 0.2) is 0 Å². The van der Waals surface area contributed by atoms with E-state index in [9.17, 15) is 0 Å². The summed E-state index contributed by atoms with van der Waals surface area (Å²) in [5, 5.41) is 9.62. The van der Waals surface area contributed by atoms with Gasteiger partial charge in [0, 0.05) is 11.6 Å². The van der Waals surface area contributed by atoms with Crippen molar-refractivity contribution in [2.45, 2.75) is 6.54 Å². The fourth-order valence-corrected chi connectivity index (χ4v) is 2.71. The molecule has 7 heteroatoms. The van der Waals surface area contributed by atoms with Gasteiger partial charge in [-0.05, 0) is 18.2 Å². The van der Waals surface area contributed by atoms with Crippen molar-refractivity contribution in [3.63, 3.8) is 0 Å². The van der Waals surface area contributed by atoms with Crippen LogP contribution in [0, 0.1) is 0 Å². The summed E-state index contributed by atoms with van der Waals surface area (Å²) in [5.74, 6) is 0. The van der Waals surface area contributed by atoms with E-state index in [2.05, 4.69) is 15.3 Å². The largest absolute Gasteiger partial charge is 0.329 e. The van der Waals surface area contributed by atoms with Gasteiger partial charge in [-0.1, -0.05) is 16.8 Å². The van der Waals surface area contributed by atoms with Crippen molar-refractivity contribution in [3.05, 3.63) is 29.4 Å². The smallest absolute Gasteiger partial charge is 0.146 e. The zero-order valence-corrected chi connectivity index (χ0v) is 10.9. The molecule has 0 saturated heterocycles. The maximum atomic E-state index is 5.94. The lowest BCUT2D eigenvalue weighted by atomic mass is 10.3. The Morgan fingerprint density at radius 2 is 2.28 bits per heavy atom. The van der Waals surface area contributed by atoms with E-state index in [1.807, 2.05) is 24.4 Å². The molecule has 0 aliphatic rings. The molecule has 0 fully saturated rings. The standard InChI is InChI=1S/C11H10ClN5S/c12-7-1-2-10-8(5-7)14-11(18-10)9-6-17(4-3-13)16-15-9/h1-2,5-6H,3-4,13H2. The minimum Gasteiger partial charge on any atom is -0.329 e. The second-order valence-electron chi connectivity index (χ2n) is 3.79. The SMILES string of the molecule is NCCn1cc(-c2nc3cc(Cl)ccc3s2)nn1. The first-order valence-electron chi connectivity index (χ1n) is 5.43. The van der Waals surface area contributed by atoms with Crippen LogP contribution in [-0.2, 0) is 6.54 Å². The van der Waals surface area contributed by atoms with Crippen LogP contribution in [0.1, 0.15) is 0 Å². The maximum Gasteiger partial charge on any atom is 0.146 e. The molecule has 0 amide bonds. The topological polar surface area (TPSA) is 69.6 Å². The highest BCUT2D eigenvalue weighted by molar-refractivity contribution is 7.21. The molecule has 2 aromatic heterocycles. The molecule has 0 radical (unpaired) electrons. The second-order valence-corrected chi connectivity index (χ2v) is 5.25. The highest BCUT2D eigenvalue weighted by atomic mass is 35.5. The number of hydrogen-bond donors (Lipinski definition) is 1. The van der Waals surface area contributed by atoms with Crippen molar-refractivity contribution < 1.29 is 0 Å². The molecule has 2 N–H and O–H groups in total. The number of nitrogens with two attached hydrogens (primary N) is 1. The van der Waals surface area contributed by atoms with E-state index in [1.54, 1.807) is 16.0 Å². The van der Waals surface area contributed by atoms with Crippen molar-refractivity contribution in [1.29, 1.82) is 0 Å². The zero-order valence-electron chi connectivity index (χ0n) is 9.38. The third-order valence-electron chi connectivity index (χ3n) is 2.47. The maximum absolute atomic E-state index is 5.94. The van der Waals surface area contributed by atoms with E-state index in [-0.39, 0.29) is 0 Å². The van der Waals surface area contributed by atoms with Crippen molar-refractivity contribution in [3.8, 4) is 10.7 Å². The van der Waals surface area contributed by atoms with E-state index < -0.39 is 0 Å². The molecular formula is C11H10ClN5S. The predicted octanol–water partition coefficient (Wildman–Crippen LogP) is 2.17. The fraction of sp³-hybridized carbons (Fsp3) is 0.182. The minimum absolute atomic E-state index is 0.540. The Bertz CT molecular complexity index is 690. The molecule has 0 bridgehead atoms. The van der Waals surface area contributed by atoms with Crippen LogP contribution in [0.4, 0.5) is 0 Å². The van der Waals surface area contributed by atoms with E-state index in [0.29, 0.717) is 18.1 Å². The molecule has 92 valence electrons. The summed E-state index contributed by atoms with van der Waals surface area (Å²) in [5.41, 5.74) is 7.12. The summed E-state index contributed by atoms with van der Waals surface area (Å²) < 4.78 is 2.80. The Hall–Kier alpha value is -1.50. The molecule has 0 aliphatic heterocycles. The molecular weight excluding hydrogens is 270 g/mol. The van der Waals surface area contributed by atoms with Crippen LogP contribution in [0.3, 0.4) is 0 Å². The van der Waals surface area contributed by atoms with Crippen molar-refractivity contribution in [2.75, 3.05) is 6.54 Å². The van der Waals surface area contributed by atoms with E-state index in [4.69, 9.17) is 17.3 Å². The normalized spacial score (nSPS) is 11.2. The molecule has 1 aromatic carbocycles. The molecule has 0 saturated carbocycles. The van der Waals surface area contributed by atoms with Crippen molar-refractivity contribution >= 4 is 33.2 Å². The van der Waals surface area contributed by atoms with Gasteiger partial charge >= 0.3 is 0 Å². The van der Waals surface area contributed by atoms with Gasteiger partial charge in [0.2, 0.25) is 0 Å². The molecule has 2 heterocycles. The van der Waals surface area contributed by atoms with Crippen LogP contribution in [0.5, 0.6) is 0 Å². The van der Waals surface area contributed by atoms with Crippen molar-refractivity contribution in [2.24, 2.45) is 5.73 Å². The summed E-state index contributed by atoms with van der Waals surface area (Å²) in [7, 11) is 0. The van der Waals surface area contributed by atoms with Crippen LogP contribution in [0.25, 0.3) is 20.9 Å². The van der Waals surface area contributed by atoms with Crippen molar-refractivity contribution in [1.82, 2.24) is 20.0 Å². The summed E-state index contributed by atoms with van der Waals surface area (Å²) in [6.07, 6.45) is 1.85. The van der Waals surface area contributed by atoms with Crippen LogP contribution in [0.15, 0.2) is 24.4 Å². The van der Waals surface area contributed by atoms with Gasteiger partial charge in [-0.2, -0.15) is 0 Å². The number of aromatic nitrogens is 4. The second kappa shape index (κ2) is 4.64. The Balaban J connectivity index is 2.02. The molecule has 3 rings (SSSR count). The molecule has 0 unspecified atom stereocenters. The Morgan fingerprint density at radius 1 is 1.39 bits per heavy atom. The third kappa shape index (κ3) is 2.10. The average Bonchev–Trinajstić information content (AvgIpc) is 2.94. The quantitative estimate of drug-likeness (QED) is 0.798. The van der Waals surface area contributed by atoms with Gasteiger partial charge in [0.25, 0.3) is 0 Å². The summed E-state index contributed by atoms with van der Waals surface area (Å²) >= 11 is 7.51. The third-order valence-corrected chi connectivity index (χ3v) is 3.76. The minimum atomic E-state index is 0.540. The number of thiazole rings is 1. The van der Waals surface area contributed by atoms with Crippen LogP contribution in [0.2, 0.25) is 5.02 Å². The number of benzene rings is 1. The highest BCUT2D eigenvalue weighted by Crippen LogP contribution is 2.30. The van der Waals surface area contributed by atoms with E-state index in [1.165, 1.54) is 0 Å². The van der Waals surface area contributed by atoms with Gasteiger partial charge in [-0.15, -0.1) is 16.4 Å². The number of fused-ring (bicyclic) bond motifs is 1. The lowest BCUT2D eigenvalue weighted by molar-refractivity contribution is 0.598. The molecule has 0 aliphatic carbocycles. The molecule has 18 heavy (non-hydrogen) atoms. The van der Waals surface area contributed by atoms with E-state index >= 15 is 0 Å². The molecule has 5 nitrogen and oxygen atoms in total. The van der Waals surface area contributed by atoms with Gasteiger partial charge in [0.1, 0.15) is 10.7 Å².